The van der Waals surface area contributed by atoms with Crippen molar-refractivity contribution in [3.8, 4) is 5.75 Å². The van der Waals surface area contributed by atoms with Gasteiger partial charge in [-0.05, 0) is 50.2 Å². The average Bonchev–Trinajstić information content (AvgIpc) is 2.74. The van der Waals surface area contributed by atoms with E-state index in [4.69, 9.17) is 5.41 Å². The molecule has 0 radical (unpaired) electrons. The Morgan fingerprint density at radius 1 is 1.34 bits per heavy atom. The van der Waals surface area contributed by atoms with Crippen molar-refractivity contribution in [2.24, 2.45) is 0 Å². The molecule has 1 aliphatic heterocycles. The van der Waals surface area contributed by atoms with E-state index < -0.39 is 5.54 Å². The lowest BCUT2D eigenvalue weighted by Crippen LogP contribution is -2.53. The van der Waals surface area contributed by atoms with Crippen LogP contribution in [0.15, 0.2) is 35.9 Å². The van der Waals surface area contributed by atoms with E-state index in [0.717, 1.165) is 30.8 Å². The van der Waals surface area contributed by atoms with Crippen molar-refractivity contribution >= 4 is 17.5 Å². The second-order valence-corrected chi connectivity index (χ2v) is 7.67. The summed E-state index contributed by atoms with van der Waals surface area (Å²) in [6.07, 6.45) is 2.26. The standard InChI is InChI=1S/C22H32N4O3/c1-4-26(5-2)10-9-24-21(29)15-22(3)19(28)13-17(14-20(23)25-22)11-16-7-6-8-18(27)12-16/h6-8,12,14,27H,4-5,9-11,13,15H2,1-3H3,(H2,23,25)(H,24,29). The third-order valence-electron chi connectivity index (χ3n) is 5.26. The summed E-state index contributed by atoms with van der Waals surface area (Å²) in [6, 6.07) is 6.86. The smallest absolute Gasteiger partial charge is 0.222 e. The summed E-state index contributed by atoms with van der Waals surface area (Å²) < 4.78 is 0. The molecule has 7 heteroatoms. The summed E-state index contributed by atoms with van der Waals surface area (Å²) >= 11 is 0. The number of allylic oxidation sites excluding steroid dienone is 1. The fraction of sp³-hybridized carbons (Fsp3) is 0.500. The number of phenolic OH excluding ortho intramolecular Hbond substituents is 1. The van der Waals surface area contributed by atoms with Crippen LogP contribution in [0.5, 0.6) is 5.75 Å². The number of amides is 1. The summed E-state index contributed by atoms with van der Waals surface area (Å²) in [6.45, 7) is 8.98. The van der Waals surface area contributed by atoms with E-state index in [2.05, 4.69) is 29.4 Å². The van der Waals surface area contributed by atoms with Gasteiger partial charge in [0.15, 0.2) is 5.78 Å². The highest BCUT2D eigenvalue weighted by molar-refractivity contribution is 6.03. The van der Waals surface area contributed by atoms with E-state index >= 15 is 0 Å². The van der Waals surface area contributed by atoms with Gasteiger partial charge in [0.25, 0.3) is 0 Å². The molecule has 1 heterocycles. The van der Waals surface area contributed by atoms with Crippen molar-refractivity contribution in [2.45, 2.75) is 45.6 Å². The van der Waals surface area contributed by atoms with E-state index in [1.54, 1.807) is 31.2 Å². The number of likely N-dealkylation sites (N-methyl/N-ethyl adjacent to an activating group) is 1. The quantitative estimate of drug-likeness (QED) is 0.507. The molecule has 4 N–H and O–H groups in total. The number of carbonyl (C=O) groups is 2. The Kier molecular flexibility index (Phi) is 7.96. The van der Waals surface area contributed by atoms with Crippen LogP contribution < -0.4 is 10.6 Å². The minimum atomic E-state index is -1.12. The van der Waals surface area contributed by atoms with E-state index in [1.165, 1.54) is 0 Å². The fourth-order valence-corrected chi connectivity index (χ4v) is 3.52. The Bertz CT molecular complexity index is 786. The normalized spacial score (nSPS) is 19.5. The van der Waals surface area contributed by atoms with Gasteiger partial charge in [-0.1, -0.05) is 31.6 Å². The first-order chi connectivity index (χ1) is 13.8. The molecule has 0 aromatic heterocycles. The first kappa shape index (κ1) is 22.6. The van der Waals surface area contributed by atoms with Gasteiger partial charge in [-0.3, -0.25) is 15.0 Å². The number of hydrogen-bond acceptors (Lipinski definition) is 5. The lowest BCUT2D eigenvalue weighted by Gasteiger charge is -2.28. The lowest BCUT2D eigenvalue weighted by molar-refractivity contribution is -0.129. The molecular formula is C22H32N4O3. The van der Waals surface area contributed by atoms with Gasteiger partial charge in [0.05, 0.1) is 6.42 Å². The molecule has 7 nitrogen and oxygen atoms in total. The van der Waals surface area contributed by atoms with Gasteiger partial charge in [0, 0.05) is 19.5 Å². The molecular weight excluding hydrogens is 368 g/mol. The Morgan fingerprint density at radius 3 is 2.72 bits per heavy atom. The molecule has 158 valence electrons. The highest BCUT2D eigenvalue weighted by atomic mass is 16.3. The van der Waals surface area contributed by atoms with E-state index in [-0.39, 0.29) is 36.1 Å². The lowest BCUT2D eigenvalue weighted by atomic mass is 9.88. The van der Waals surface area contributed by atoms with Crippen LogP contribution in [0.4, 0.5) is 0 Å². The van der Waals surface area contributed by atoms with Gasteiger partial charge < -0.3 is 20.6 Å². The van der Waals surface area contributed by atoms with Crippen LogP contribution in [0.3, 0.4) is 0 Å². The zero-order valence-electron chi connectivity index (χ0n) is 17.5. The van der Waals surface area contributed by atoms with Crippen LogP contribution in [0, 0.1) is 5.41 Å². The number of nitrogens with zero attached hydrogens (tertiary/aromatic N) is 1. The molecule has 29 heavy (non-hydrogen) atoms. The second kappa shape index (κ2) is 10.2. The molecule has 2 rings (SSSR count). The summed E-state index contributed by atoms with van der Waals surface area (Å²) in [4.78, 5) is 27.5. The van der Waals surface area contributed by atoms with Crippen LogP contribution in [-0.2, 0) is 16.0 Å². The maximum atomic E-state index is 12.9. The largest absolute Gasteiger partial charge is 0.508 e. The Balaban J connectivity index is 1.97. The van der Waals surface area contributed by atoms with Gasteiger partial charge in [0.1, 0.15) is 17.1 Å². The fourth-order valence-electron chi connectivity index (χ4n) is 3.52. The Labute approximate surface area is 172 Å². The number of carbonyl (C=O) groups excluding carboxylic acids is 2. The molecule has 1 amide bonds. The monoisotopic (exact) mass is 400 g/mol. The zero-order chi connectivity index (χ0) is 21.4. The summed E-state index contributed by atoms with van der Waals surface area (Å²) in [7, 11) is 0. The third-order valence-corrected chi connectivity index (χ3v) is 5.26. The first-order valence-corrected chi connectivity index (χ1v) is 10.1. The molecule has 1 aromatic carbocycles. The minimum Gasteiger partial charge on any atom is -0.508 e. The van der Waals surface area contributed by atoms with Crippen molar-refractivity contribution < 1.29 is 14.7 Å². The van der Waals surface area contributed by atoms with Crippen molar-refractivity contribution in [2.75, 3.05) is 26.2 Å². The predicted octanol–water partition coefficient (Wildman–Crippen LogP) is 2.01. The Hall–Kier alpha value is -2.67. The van der Waals surface area contributed by atoms with Crippen molar-refractivity contribution in [1.29, 1.82) is 5.41 Å². The number of rotatable bonds is 9. The molecule has 1 unspecified atom stereocenters. The maximum absolute atomic E-state index is 12.9. The first-order valence-electron chi connectivity index (χ1n) is 10.1. The highest BCUT2D eigenvalue weighted by Crippen LogP contribution is 2.23. The number of benzene rings is 1. The van der Waals surface area contributed by atoms with Gasteiger partial charge in [-0.2, -0.15) is 0 Å². The third kappa shape index (κ3) is 6.71. The SMILES string of the molecule is CCN(CC)CCNC(=O)CC1(C)NC(=N)C=C(Cc2cccc(O)c2)CC1=O. The van der Waals surface area contributed by atoms with Crippen molar-refractivity contribution in [3.63, 3.8) is 0 Å². The number of Topliss-reactive ketones (excluding diaryl/α,β-unsaturated/α-hetero) is 1. The molecule has 0 fully saturated rings. The van der Waals surface area contributed by atoms with Gasteiger partial charge in [-0.15, -0.1) is 0 Å². The van der Waals surface area contributed by atoms with Crippen LogP contribution in [-0.4, -0.2) is 59.3 Å². The Morgan fingerprint density at radius 2 is 2.07 bits per heavy atom. The minimum absolute atomic E-state index is 0.0142. The molecule has 0 aliphatic carbocycles. The van der Waals surface area contributed by atoms with Gasteiger partial charge in [-0.25, -0.2) is 0 Å². The van der Waals surface area contributed by atoms with E-state index in [9.17, 15) is 14.7 Å². The van der Waals surface area contributed by atoms with E-state index in [1.807, 2.05) is 6.07 Å². The number of aromatic hydroxyl groups is 1. The highest BCUT2D eigenvalue weighted by Gasteiger charge is 2.37. The van der Waals surface area contributed by atoms with Gasteiger partial charge in [0.2, 0.25) is 5.91 Å². The summed E-state index contributed by atoms with van der Waals surface area (Å²) in [5, 5.41) is 23.6. The topological polar surface area (TPSA) is 106 Å². The van der Waals surface area contributed by atoms with Crippen LogP contribution in [0.25, 0.3) is 0 Å². The number of hydrogen-bond donors (Lipinski definition) is 4. The maximum Gasteiger partial charge on any atom is 0.222 e. The summed E-state index contributed by atoms with van der Waals surface area (Å²) in [5.74, 6) is -0.0401. The number of nitrogens with one attached hydrogen (secondary N) is 3. The number of amidine groups is 1. The van der Waals surface area contributed by atoms with Gasteiger partial charge >= 0.3 is 0 Å². The van der Waals surface area contributed by atoms with Crippen molar-refractivity contribution in [3.05, 3.63) is 41.5 Å². The van der Waals surface area contributed by atoms with Crippen LogP contribution in [0.1, 0.15) is 39.2 Å². The molecule has 0 bridgehead atoms. The van der Waals surface area contributed by atoms with E-state index in [0.29, 0.717) is 13.0 Å². The number of phenols is 1. The molecule has 0 saturated heterocycles. The molecule has 0 saturated carbocycles. The number of ketones is 1. The summed E-state index contributed by atoms with van der Waals surface area (Å²) in [5.41, 5.74) is 0.534. The van der Waals surface area contributed by atoms with Crippen molar-refractivity contribution in [1.82, 2.24) is 15.5 Å². The van der Waals surface area contributed by atoms with Crippen LogP contribution >= 0.6 is 0 Å². The predicted molar refractivity (Wildman–Crippen MR) is 114 cm³/mol. The average molecular weight is 401 g/mol. The zero-order valence-corrected chi connectivity index (χ0v) is 17.5. The second-order valence-electron chi connectivity index (χ2n) is 7.67. The molecule has 0 spiro atoms. The molecule has 1 aromatic rings. The molecule has 1 atom stereocenters. The van der Waals surface area contributed by atoms with Crippen LogP contribution in [0.2, 0.25) is 0 Å². The molecule has 1 aliphatic rings.